The summed E-state index contributed by atoms with van der Waals surface area (Å²) in [5.74, 6) is 0. The highest BCUT2D eigenvalue weighted by atomic mass is 15.3. The second-order valence-corrected chi connectivity index (χ2v) is 6.77. The van der Waals surface area contributed by atoms with Gasteiger partial charge in [0.2, 0.25) is 0 Å². The lowest BCUT2D eigenvalue weighted by Gasteiger charge is -2.22. The van der Waals surface area contributed by atoms with Crippen LogP contribution >= 0.6 is 0 Å². The average Bonchev–Trinajstić information content (AvgIpc) is 3.06. The van der Waals surface area contributed by atoms with Gasteiger partial charge < -0.3 is 4.57 Å². The molecule has 0 atom stereocenters. The molecule has 134 valence electrons. The van der Waals surface area contributed by atoms with Crippen molar-refractivity contribution in [3.05, 3.63) is 12.7 Å². The van der Waals surface area contributed by atoms with Gasteiger partial charge in [-0.25, -0.2) is 0 Å². The molecule has 0 N–H and O–H groups in total. The van der Waals surface area contributed by atoms with Crippen LogP contribution in [0.1, 0.15) is 90.9 Å². The van der Waals surface area contributed by atoms with Gasteiger partial charge in [-0.2, -0.15) is 0 Å². The third-order valence-corrected chi connectivity index (χ3v) is 4.49. The Labute approximate surface area is 143 Å². The Balaban J connectivity index is 2.17. The Morgan fingerprint density at radius 2 is 1.09 bits per heavy atom. The Morgan fingerprint density at radius 3 is 1.57 bits per heavy atom. The average molecular weight is 323 g/mol. The van der Waals surface area contributed by atoms with Gasteiger partial charge >= 0.3 is 0 Å². The predicted octanol–water partition coefficient (Wildman–Crippen LogP) is 5.26. The molecule has 0 bridgehead atoms. The summed E-state index contributed by atoms with van der Waals surface area (Å²) in [6.45, 7) is 7.91. The topological polar surface area (TPSA) is 34.0 Å². The molecule has 0 aromatic carbocycles. The van der Waals surface area contributed by atoms with Crippen LogP contribution in [0.3, 0.4) is 0 Å². The van der Waals surface area contributed by atoms with E-state index in [2.05, 4.69) is 33.5 Å². The lowest BCUT2D eigenvalue weighted by atomic mass is 10.1. The minimum absolute atomic E-state index is 0.941. The van der Waals surface area contributed by atoms with Crippen LogP contribution in [0.4, 0.5) is 0 Å². The van der Waals surface area contributed by atoms with Crippen molar-refractivity contribution < 1.29 is 0 Å². The van der Waals surface area contributed by atoms with E-state index in [4.69, 9.17) is 0 Å². The Kier molecular flexibility index (Phi) is 12.9. The molecule has 4 heteroatoms. The third kappa shape index (κ3) is 11.3. The van der Waals surface area contributed by atoms with Gasteiger partial charge in [0.25, 0.3) is 0 Å². The molecular weight excluding hydrogens is 284 g/mol. The minimum atomic E-state index is 0.941. The first-order valence-corrected chi connectivity index (χ1v) is 9.91. The molecular formula is C19H38N4. The van der Waals surface area contributed by atoms with Crippen LogP contribution in [-0.4, -0.2) is 32.8 Å². The van der Waals surface area contributed by atoms with E-state index in [0.29, 0.717) is 0 Å². The van der Waals surface area contributed by atoms with Gasteiger partial charge in [-0.3, -0.25) is 4.90 Å². The number of hydrogen-bond acceptors (Lipinski definition) is 3. The first-order valence-electron chi connectivity index (χ1n) is 9.91. The van der Waals surface area contributed by atoms with E-state index in [1.54, 1.807) is 0 Å². The lowest BCUT2D eigenvalue weighted by molar-refractivity contribution is 0.208. The molecule has 0 aliphatic heterocycles. The molecule has 0 aliphatic carbocycles. The molecule has 0 saturated carbocycles. The zero-order chi connectivity index (χ0) is 16.6. The standard InChI is InChI=1S/C19H38N4/c1-3-5-7-9-11-13-15-22(19-23-17-20-21-18-23)16-14-12-10-8-6-4-2/h17-18H,3-16,19H2,1-2H3. The Hall–Kier alpha value is -0.900. The number of unbranched alkanes of at least 4 members (excludes halogenated alkanes) is 10. The second kappa shape index (κ2) is 14.7. The van der Waals surface area contributed by atoms with E-state index in [9.17, 15) is 0 Å². The highest BCUT2D eigenvalue weighted by Gasteiger charge is 2.05. The third-order valence-electron chi connectivity index (χ3n) is 4.49. The predicted molar refractivity (Wildman–Crippen MR) is 98.3 cm³/mol. The maximum atomic E-state index is 3.92. The largest absolute Gasteiger partial charge is 0.306 e. The van der Waals surface area contributed by atoms with Crippen LogP contribution < -0.4 is 0 Å². The van der Waals surface area contributed by atoms with Gasteiger partial charge in [0.1, 0.15) is 12.7 Å². The Bertz CT molecular complexity index is 321. The van der Waals surface area contributed by atoms with Gasteiger partial charge in [0, 0.05) is 0 Å². The van der Waals surface area contributed by atoms with E-state index < -0.39 is 0 Å². The van der Waals surface area contributed by atoms with Crippen LogP contribution in [0.2, 0.25) is 0 Å². The smallest absolute Gasteiger partial charge is 0.120 e. The number of aromatic nitrogens is 3. The molecule has 0 fully saturated rings. The SMILES string of the molecule is CCCCCCCCN(CCCCCCCC)Cn1cnnc1. The number of rotatable bonds is 16. The summed E-state index contributed by atoms with van der Waals surface area (Å²) in [7, 11) is 0. The van der Waals surface area contributed by atoms with Gasteiger partial charge in [-0.1, -0.05) is 78.1 Å². The summed E-state index contributed by atoms with van der Waals surface area (Å²) in [5, 5.41) is 7.84. The molecule has 0 saturated heterocycles. The van der Waals surface area contributed by atoms with E-state index in [0.717, 1.165) is 6.67 Å². The zero-order valence-electron chi connectivity index (χ0n) is 15.6. The quantitative estimate of drug-likeness (QED) is 0.389. The summed E-state index contributed by atoms with van der Waals surface area (Å²) < 4.78 is 2.09. The van der Waals surface area contributed by atoms with Crippen molar-refractivity contribution in [2.75, 3.05) is 13.1 Å². The molecule has 1 rings (SSSR count). The minimum Gasteiger partial charge on any atom is -0.306 e. The highest BCUT2D eigenvalue weighted by molar-refractivity contribution is 4.63. The highest BCUT2D eigenvalue weighted by Crippen LogP contribution is 2.09. The molecule has 0 unspecified atom stereocenters. The molecule has 1 aromatic rings. The number of nitrogens with zero attached hydrogens (tertiary/aromatic N) is 4. The normalized spacial score (nSPS) is 11.4. The van der Waals surface area contributed by atoms with Crippen LogP contribution in [0.15, 0.2) is 12.7 Å². The first-order chi connectivity index (χ1) is 11.4. The van der Waals surface area contributed by atoms with Crippen molar-refractivity contribution in [1.82, 2.24) is 19.7 Å². The van der Waals surface area contributed by atoms with Gasteiger partial charge in [0.05, 0.1) is 6.67 Å². The van der Waals surface area contributed by atoms with Crippen LogP contribution in [0.5, 0.6) is 0 Å². The number of hydrogen-bond donors (Lipinski definition) is 0. The fourth-order valence-corrected chi connectivity index (χ4v) is 3.01. The second-order valence-electron chi connectivity index (χ2n) is 6.77. The summed E-state index contributed by atoms with van der Waals surface area (Å²) in [6, 6.07) is 0. The van der Waals surface area contributed by atoms with Gasteiger partial charge in [0.15, 0.2) is 0 Å². The van der Waals surface area contributed by atoms with Crippen molar-refractivity contribution >= 4 is 0 Å². The molecule has 0 radical (unpaired) electrons. The van der Waals surface area contributed by atoms with E-state index in [-0.39, 0.29) is 0 Å². The van der Waals surface area contributed by atoms with Gasteiger partial charge in [-0.05, 0) is 25.9 Å². The maximum absolute atomic E-state index is 3.92. The van der Waals surface area contributed by atoms with Crippen molar-refractivity contribution in [2.45, 2.75) is 97.6 Å². The van der Waals surface area contributed by atoms with Crippen molar-refractivity contribution in [3.8, 4) is 0 Å². The molecule has 4 nitrogen and oxygen atoms in total. The molecule has 1 heterocycles. The maximum Gasteiger partial charge on any atom is 0.120 e. The molecule has 0 aliphatic rings. The first kappa shape index (κ1) is 20.1. The molecule has 0 amide bonds. The summed E-state index contributed by atoms with van der Waals surface area (Å²) in [4.78, 5) is 2.57. The zero-order valence-corrected chi connectivity index (χ0v) is 15.6. The lowest BCUT2D eigenvalue weighted by Crippen LogP contribution is -2.28. The molecule has 23 heavy (non-hydrogen) atoms. The van der Waals surface area contributed by atoms with Crippen molar-refractivity contribution in [1.29, 1.82) is 0 Å². The molecule has 0 spiro atoms. The fourth-order valence-electron chi connectivity index (χ4n) is 3.01. The van der Waals surface area contributed by atoms with Crippen LogP contribution in [0.25, 0.3) is 0 Å². The molecule has 1 aromatic heterocycles. The fraction of sp³-hybridized carbons (Fsp3) is 0.895. The van der Waals surface area contributed by atoms with Crippen LogP contribution in [-0.2, 0) is 6.67 Å². The van der Waals surface area contributed by atoms with Crippen LogP contribution in [0, 0.1) is 0 Å². The van der Waals surface area contributed by atoms with Crippen molar-refractivity contribution in [3.63, 3.8) is 0 Å². The van der Waals surface area contributed by atoms with Gasteiger partial charge in [-0.15, -0.1) is 10.2 Å². The van der Waals surface area contributed by atoms with E-state index in [1.165, 1.54) is 90.1 Å². The summed E-state index contributed by atoms with van der Waals surface area (Å²) in [5.41, 5.74) is 0. The van der Waals surface area contributed by atoms with E-state index in [1.807, 2.05) is 12.7 Å². The monoisotopic (exact) mass is 322 g/mol. The Morgan fingerprint density at radius 1 is 0.652 bits per heavy atom. The summed E-state index contributed by atoms with van der Waals surface area (Å²) >= 11 is 0. The van der Waals surface area contributed by atoms with Crippen molar-refractivity contribution in [2.24, 2.45) is 0 Å². The van der Waals surface area contributed by atoms with E-state index >= 15 is 0 Å². The summed E-state index contributed by atoms with van der Waals surface area (Å²) in [6.07, 6.45) is 20.1.